The lowest BCUT2D eigenvalue weighted by atomic mass is 10.2. The fourth-order valence-electron chi connectivity index (χ4n) is 3.39. The summed E-state index contributed by atoms with van der Waals surface area (Å²) < 4.78 is 34.4. The van der Waals surface area contributed by atoms with Crippen LogP contribution in [0.1, 0.15) is 32.6 Å². The number of nitrogens with one attached hydrogen (secondary N) is 1. The zero-order chi connectivity index (χ0) is 20.1. The van der Waals surface area contributed by atoms with Crippen LogP contribution < -0.4 is 5.32 Å². The van der Waals surface area contributed by atoms with E-state index in [1.165, 1.54) is 10.4 Å². The number of methoxy groups -OCH3 is 1. The summed E-state index contributed by atoms with van der Waals surface area (Å²) in [4.78, 5) is 12.6. The third-order valence-electron chi connectivity index (χ3n) is 4.94. The van der Waals surface area contributed by atoms with Gasteiger partial charge in [0.15, 0.2) is 0 Å². The van der Waals surface area contributed by atoms with Crippen LogP contribution in [-0.2, 0) is 26.1 Å². The molecule has 1 aliphatic rings. The number of carbonyl (C=O) groups excluding carboxylic acids is 1. The molecule has 28 heavy (non-hydrogen) atoms. The van der Waals surface area contributed by atoms with Crippen LogP contribution >= 0.6 is 0 Å². The van der Waals surface area contributed by atoms with Crippen molar-refractivity contribution in [2.75, 3.05) is 26.8 Å². The number of rotatable bonds is 9. The number of carbonyl (C=O) groups is 1. The van der Waals surface area contributed by atoms with E-state index in [0.29, 0.717) is 44.6 Å². The molecule has 0 aliphatic carbocycles. The van der Waals surface area contributed by atoms with E-state index in [0.717, 1.165) is 18.4 Å². The summed E-state index contributed by atoms with van der Waals surface area (Å²) in [7, 11) is -2.19. The summed E-state index contributed by atoms with van der Waals surface area (Å²) in [5.74, 6) is -0.221. The third kappa shape index (κ3) is 4.18. The van der Waals surface area contributed by atoms with Crippen LogP contribution in [-0.4, -0.2) is 66.5 Å². The van der Waals surface area contributed by atoms with Crippen LogP contribution in [0.15, 0.2) is 23.1 Å². The number of amides is 1. The van der Waals surface area contributed by atoms with Gasteiger partial charge in [0.05, 0.1) is 23.6 Å². The lowest BCUT2D eigenvalue weighted by Gasteiger charge is -2.23. The highest BCUT2D eigenvalue weighted by molar-refractivity contribution is 7.89. The van der Waals surface area contributed by atoms with E-state index in [1.54, 1.807) is 23.9 Å². The Morgan fingerprint density at radius 3 is 2.96 bits per heavy atom. The minimum absolute atomic E-state index is 0.132. The molecule has 0 radical (unpaired) electrons. The molecule has 0 unspecified atom stereocenters. The van der Waals surface area contributed by atoms with Crippen LogP contribution in [0.5, 0.6) is 0 Å². The molecule has 0 bridgehead atoms. The number of unbranched alkanes of at least 4 members (excludes halogenated alkanes) is 1. The summed E-state index contributed by atoms with van der Waals surface area (Å²) in [5.41, 5.74) is 1.24. The standard InChI is InChI=1S/C18H27N5O4S/c1-3-4-9-19-18(24)17-6-5-10-23(17)28(25,26)14-7-8-16-15(13-14)20-21-22(16)11-12-27-2/h7-8,13,17H,3-6,9-12H2,1-2H3,(H,19,24)/t17-/m0/s1. The second kappa shape index (κ2) is 8.97. The van der Waals surface area contributed by atoms with Crippen molar-refractivity contribution in [1.29, 1.82) is 0 Å². The molecule has 1 saturated heterocycles. The molecule has 1 fully saturated rings. The Balaban J connectivity index is 1.82. The van der Waals surface area contributed by atoms with Crippen molar-refractivity contribution in [3.05, 3.63) is 18.2 Å². The van der Waals surface area contributed by atoms with E-state index in [9.17, 15) is 13.2 Å². The predicted molar refractivity (Wildman–Crippen MR) is 104 cm³/mol. The SMILES string of the molecule is CCCCNC(=O)[C@@H]1CCCN1S(=O)(=O)c1ccc2c(c1)nnn2CCOC. The highest BCUT2D eigenvalue weighted by atomic mass is 32.2. The number of ether oxygens (including phenoxy) is 1. The van der Waals surface area contributed by atoms with E-state index in [2.05, 4.69) is 15.6 Å². The van der Waals surface area contributed by atoms with E-state index in [-0.39, 0.29) is 10.8 Å². The molecule has 9 nitrogen and oxygen atoms in total. The van der Waals surface area contributed by atoms with Gasteiger partial charge in [-0.05, 0) is 37.5 Å². The van der Waals surface area contributed by atoms with Crippen molar-refractivity contribution in [2.45, 2.75) is 50.1 Å². The number of aromatic nitrogens is 3. The fourth-order valence-corrected chi connectivity index (χ4v) is 5.06. The monoisotopic (exact) mass is 409 g/mol. The molecule has 1 atom stereocenters. The second-order valence-electron chi connectivity index (χ2n) is 6.87. The molecule has 1 N–H and O–H groups in total. The van der Waals surface area contributed by atoms with Gasteiger partial charge >= 0.3 is 0 Å². The first-order valence-corrected chi connectivity index (χ1v) is 11.0. The molecule has 1 amide bonds. The van der Waals surface area contributed by atoms with Gasteiger partial charge in [0.1, 0.15) is 11.6 Å². The van der Waals surface area contributed by atoms with Crippen molar-refractivity contribution >= 4 is 27.0 Å². The quantitative estimate of drug-likeness (QED) is 0.623. The van der Waals surface area contributed by atoms with E-state index < -0.39 is 16.1 Å². The van der Waals surface area contributed by atoms with Crippen LogP contribution in [0.3, 0.4) is 0 Å². The normalized spacial score (nSPS) is 18.0. The lowest BCUT2D eigenvalue weighted by molar-refractivity contribution is -0.124. The first-order chi connectivity index (χ1) is 13.5. The maximum Gasteiger partial charge on any atom is 0.243 e. The highest BCUT2D eigenvalue weighted by Gasteiger charge is 2.39. The molecule has 0 saturated carbocycles. The average molecular weight is 410 g/mol. The Labute approximate surface area is 165 Å². The summed E-state index contributed by atoms with van der Waals surface area (Å²) in [6, 6.07) is 4.11. The second-order valence-corrected chi connectivity index (χ2v) is 8.76. The van der Waals surface area contributed by atoms with Gasteiger partial charge in [-0.15, -0.1) is 5.10 Å². The maximum absolute atomic E-state index is 13.2. The summed E-state index contributed by atoms with van der Waals surface area (Å²) in [5, 5.41) is 11.0. The Hall–Kier alpha value is -2.04. The van der Waals surface area contributed by atoms with Crippen LogP contribution in [0, 0.1) is 0 Å². The van der Waals surface area contributed by atoms with E-state index >= 15 is 0 Å². The van der Waals surface area contributed by atoms with Gasteiger partial charge in [-0.3, -0.25) is 4.79 Å². The average Bonchev–Trinajstić information content (AvgIpc) is 3.33. The number of hydrogen-bond donors (Lipinski definition) is 1. The maximum atomic E-state index is 13.2. The van der Waals surface area contributed by atoms with E-state index in [1.807, 2.05) is 6.92 Å². The zero-order valence-corrected chi connectivity index (χ0v) is 17.1. The molecule has 10 heteroatoms. The molecule has 3 rings (SSSR count). The molecule has 1 aromatic heterocycles. The van der Waals surface area contributed by atoms with Crippen molar-refractivity contribution in [1.82, 2.24) is 24.6 Å². The lowest BCUT2D eigenvalue weighted by Crippen LogP contribution is -2.46. The minimum atomic E-state index is -3.79. The molecule has 0 spiro atoms. The van der Waals surface area contributed by atoms with Crippen LogP contribution in [0.25, 0.3) is 11.0 Å². The van der Waals surface area contributed by atoms with Crippen LogP contribution in [0.4, 0.5) is 0 Å². The van der Waals surface area contributed by atoms with Gasteiger partial charge in [0, 0.05) is 20.2 Å². The summed E-state index contributed by atoms with van der Waals surface area (Å²) in [6.45, 7) is 3.97. The molecular formula is C18H27N5O4S. The first-order valence-electron chi connectivity index (χ1n) is 9.60. The van der Waals surface area contributed by atoms with Crippen LogP contribution in [0.2, 0.25) is 0 Å². The summed E-state index contributed by atoms with van der Waals surface area (Å²) >= 11 is 0. The van der Waals surface area contributed by atoms with Gasteiger partial charge < -0.3 is 10.1 Å². The molecule has 154 valence electrons. The van der Waals surface area contributed by atoms with Gasteiger partial charge in [0.25, 0.3) is 0 Å². The number of sulfonamides is 1. The van der Waals surface area contributed by atoms with Crippen molar-refractivity contribution in [2.24, 2.45) is 0 Å². The van der Waals surface area contributed by atoms with Gasteiger partial charge in [-0.1, -0.05) is 18.6 Å². The predicted octanol–water partition coefficient (Wildman–Crippen LogP) is 1.15. The van der Waals surface area contributed by atoms with Gasteiger partial charge in [0.2, 0.25) is 15.9 Å². The smallest absolute Gasteiger partial charge is 0.243 e. The van der Waals surface area contributed by atoms with Crippen molar-refractivity contribution in [3.63, 3.8) is 0 Å². The summed E-state index contributed by atoms with van der Waals surface area (Å²) in [6.07, 6.45) is 3.05. The highest BCUT2D eigenvalue weighted by Crippen LogP contribution is 2.27. The van der Waals surface area contributed by atoms with Crippen molar-refractivity contribution < 1.29 is 17.9 Å². The van der Waals surface area contributed by atoms with E-state index in [4.69, 9.17) is 4.74 Å². The molecular weight excluding hydrogens is 382 g/mol. The topological polar surface area (TPSA) is 106 Å². The largest absolute Gasteiger partial charge is 0.383 e. The third-order valence-corrected chi connectivity index (χ3v) is 6.84. The molecule has 2 heterocycles. The Morgan fingerprint density at radius 2 is 2.21 bits per heavy atom. The Morgan fingerprint density at radius 1 is 1.39 bits per heavy atom. The van der Waals surface area contributed by atoms with Gasteiger partial charge in [-0.25, -0.2) is 13.1 Å². The number of nitrogens with zero attached hydrogens (tertiary/aromatic N) is 4. The number of hydrogen-bond acceptors (Lipinski definition) is 6. The Kier molecular flexibility index (Phi) is 6.63. The molecule has 1 aliphatic heterocycles. The number of benzene rings is 1. The van der Waals surface area contributed by atoms with Gasteiger partial charge in [-0.2, -0.15) is 4.31 Å². The minimum Gasteiger partial charge on any atom is -0.383 e. The number of fused-ring (bicyclic) bond motifs is 1. The van der Waals surface area contributed by atoms with Crippen molar-refractivity contribution in [3.8, 4) is 0 Å². The molecule has 2 aromatic rings. The zero-order valence-electron chi connectivity index (χ0n) is 16.3. The Bertz CT molecular complexity index is 927. The fraction of sp³-hybridized carbons (Fsp3) is 0.611. The molecule has 1 aromatic carbocycles. The first kappa shape index (κ1) is 20.7.